The molecule has 440 valence electrons. The van der Waals surface area contributed by atoms with Gasteiger partial charge in [0.1, 0.15) is 19.3 Å². The van der Waals surface area contributed by atoms with Gasteiger partial charge in [-0.25, -0.2) is 4.57 Å². The first-order chi connectivity index (χ1) is 36.9. The summed E-state index contributed by atoms with van der Waals surface area (Å²) in [6, 6.07) is -0.861. The van der Waals surface area contributed by atoms with E-state index in [4.69, 9.17) is 13.8 Å². The summed E-state index contributed by atoms with van der Waals surface area (Å²) in [5.74, 6) is -0.531. The van der Waals surface area contributed by atoms with Crippen LogP contribution in [0.5, 0.6) is 0 Å². The first kappa shape index (κ1) is 73.2. The average molecular weight is 1080 g/mol. The van der Waals surface area contributed by atoms with Gasteiger partial charge in [0.25, 0.3) is 0 Å². The number of phosphoric acid groups is 1. The lowest BCUT2D eigenvalue weighted by Crippen LogP contribution is -2.47. The molecule has 0 aliphatic heterocycles. The molecule has 0 rings (SSSR count). The van der Waals surface area contributed by atoms with Crippen molar-refractivity contribution in [2.45, 2.75) is 283 Å². The van der Waals surface area contributed by atoms with E-state index in [1.165, 1.54) is 122 Å². The standard InChI is InChI=1S/C66H119N2O7P/c1-7-10-13-16-19-22-25-28-29-30-31-32-33-34-35-36-37-38-39-41-44-47-50-53-56-59-66(70)75-64(57-54-51-48-45-42-27-24-21-18-15-12-9-3)63(62-74-76(71,72)73-61-60-68(4,5)6)67-65(69)58-55-52-49-46-43-40-26-23-20-17-14-11-8-2/h10,13,19,22,28-29,31-32,34-35,40,43,54,57,63-64H,7-9,11-12,14-18,20-21,23-27,30,33,36-39,41-42,44-53,55-56,58-62H2,1-6H3,(H-,67,69,71,72)/p+1/b13-10-,22-19-,29-28-,32-31-,35-34-,43-40-,57-54-. The number of hydrogen-bond donors (Lipinski definition) is 2. The van der Waals surface area contributed by atoms with Gasteiger partial charge < -0.3 is 19.4 Å². The number of likely N-dealkylation sites (N-methyl/N-ethyl adjacent to an activating group) is 1. The molecule has 3 unspecified atom stereocenters. The summed E-state index contributed by atoms with van der Waals surface area (Å²) in [5, 5.41) is 3.04. The molecule has 0 aromatic heterocycles. The van der Waals surface area contributed by atoms with E-state index >= 15 is 0 Å². The predicted octanol–water partition coefficient (Wildman–Crippen LogP) is 19.4. The molecule has 0 fully saturated rings. The number of allylic oxidation sites excluding steroid dienone is 13. The summed E-state index contributed by atoms with van der Waals surface area (Å²) in [7, 11) is 1.48. The van der Waals surface area contributed by atoms with Crippen molar-refractivity contribution in [1.82, 2.24) is 5.32 Å². The fourth-order valence-corrected chi connectivity index (χ4v) is 9.46. The summed E-state index contributed by atoms with van der Waals surface area (Å²) < 4.78 is 30.7. The van der Waals surface area contributed by atoms with Gasteiger partial charge in [-0.3, -0.25) is 18.6 Å². The Kier molecular flexibility index (Phi) is 53.5. The predicted molar refractivity (Wildman–Crippen MR) is 328 cm³/mol. The maximum atomic E-state index is 13.5. The smallest absolute Gasteiger partial charge is 0.456 e. The van der Waals surface area contributed by atoms with E-state index in [-0.39, 0.29) is 31.5 Å². The van der Waals surface area contributed by atoms with E-state index < -0.39 is 20.0 Å². The second kappa shape index (κ2) is 55.5. The summed E-state index contributed by atoms with van der Waals surface area (Å²) in [4.78, 5) is 37.7. The fourth-order valence-electron chi connectivity index (χ4n) is 8.73. The third kappa shape index (κ3) is 55.9. The van der Waals surface area contributed by atoms with Gasteiger partial charge in [-0.05, 0) is 102 Å². The van der Waals surface area contributed by atoms with Crippen LogP contribution in [-0.2, 0) is 27.9 Å². The van der Waals surface area contributed by atoms with E-state index in [1.807, 2.05) is 33.3 Å². The number of carbonyl (C=O) groups is 2. The quantitative estimate of drug-likeness (QED) is 0.0205. The van der Waals surface area contributed by atoms with Crippen molar-refractivity contribution in [3.05, 3.63) is 85.1 Å². The molecule has 2 N–H and O–H groups in total. The highest BCUT2D eigenvalue weighted by molar-refractivity contribution is 7.47. The van der Waals surface area contributed by atoms with E-state index in [9.17, 15) is 19.0 Å². The van der Waals surface area contributed by atoms with E-state index in [1.54, 1.807) is 0 Å². The molecule has 0 aliphatic carbocycles. The van der Waals surface area contributed by atoms with Crippen LogP contribution in [0.1, 0.15) is 271 Å². The van der Waals surface area contributed by atoms with Crippen LogP contribution in [0.15, 0.2) is 85.1 Å². The van der Waals surface area contributed by atoms with Gasteiger partial charge in [-0.1, -0.05) is 241 Å². The Hall–Kier alpha value is -2.81. The van der Waals surface area contributed by atoms with Crippen molar-refractivity contribution in [3.8, 4) is 0 Å². The molecule has 0 radical (unpaired) electrons. The van der Waals surface area contributed by atoms with E-state index in [2.05, 4.69) is 99.0 Å². The topological polar surface area (TPSA) is 111 Å². The first-order valence-corrected chi connectivity index (χ1v) is 32.9. The van der Waals surface area contributed by atoms with Crippen LogP contribution < -0.4 is 5.32 Å². The van der Waals surface area contributed by atoms with Gasteiger partial charge in [0.15, 0.2) is 0 Å². The zero-order chi connectivity index (χ0) is 55.7. The van der Waals surface area contributed by atoms with Gasteiger partial charge >= 0.3 is 13.8 Å². The second-order valence-electron chi connectivity index (χ2n) is 22.2. The molecule has 0 heterocycles. The van der Waals surface area contributed by atoms with Gasteiger partial charge in [0, 0.05) is 12.8 Å². The van der Waals surface area contributed by atoms with Crippen LogP contribution in [0.4, 0.5) is 0 Å². The third-order valence-corrected chi connectivity index (χ3v) is 14.6. The fraction of sp³-hybridized carbons (Fsp3) is 0.758. The number of carbonyl (C=O) groups excluding carboxylic acids is 2. The van der Waals surface area contributed by atoms with Crippen LogP contribution >= 0.6 is 7.82 Å². The number of rotatable bonds is 56. The van der Waals surface area contributed by atoms with Gasteiger partial charge in [-0.2, -0.15) is 0 Å². The first-order valence-electron chi connectivity index (χ1n) is 31.4. The molecule has 1 amide bonds. The lowest BCUT2D eigenvalue weighted by molar-refractivity contribution is -0.870. The molecule has 3 atom stereocenters. The summed E-state index contributed by atoms with van der Waals surface area (Å²) in [6.07, 6.45) is 73.0. The van der Waals surface area contributed by atoms with Crippen molar-refractivity contribution in [2.75, 3.05) is 40.9 Å². The molecule has 0 saturated carbocycles. The molecule has 0 aliphatic rings. The summed E-state index contributed by atoms with van der Waals surface area (Å²) in [6.45, 7) is 6.88. The van der Waals surface area contributed by atoms with Crippen molar-refractivity contribution < 1.29 is 37.3 Å². The Balaban J connectivity index is 5.17. The molecule has 10 heteroatoms. The molecule has 76 heavy (non-hydrogen) atoms. The Labute approximate surface area is 469 Å². The van der Waals surface area contributed by atoms with Crippen LogP contribution in [0.25, 0.3) is 0 Å². The van der Waals surface area contributed by atoms with Gasteiger partial charge in [0.2, 0.25) is 5.91 Å². The Morgan fingerprint density at radius 3 is 1.29 bits per heavy atom. The minimum Gasteiger partial charge on any atom is -0.456 e. The maximum Gasteiger partial charge on any atom is 0.472 e. The number of nitrogens with one attached hydrogen (secondary N) is 1. The number of amides is 1. The summed E-state index contributed by atoms with van der Waals surface area (Å²) >= 11 is 0. The van der Waals surface area contributed by atoms with E-state index in [0.717, 1.165) is 116 Å². The van der Waals surface area contributed by atoms with Crippen LogP contribution in [0.3, 0.4) is 0 Å². The monoisotopic (exact) mass is 1080 g/mol. The molecule has 0 aromatic rings. The maximum absolute atomic E-state index is 13.5. The minimum absolute atomic E-state index is 0.0339. The highest BCUT2D eigenvalue weighted by Crippen LogP contribution is 2.43. The van der Waals surface area contributed by atoms with Crippen molar-refractivity contribution in [2.24, 2.45) is 0 Å². The highest BCUT2D eigenvalue weighted by atomic mass is 31.2. The number of hydrogen-bond acceptors (Lipinski definition) is 6. The number of nitrogens with zero attached hydrogens (tertiary/aromatic N) is 1. The average Bonchev–Trinajstić information content (AvgIpc) is 3.38. The Bertz CT molecular complexity index is 1580. The number of phosphoric ester groups is 1. The van der Waals surface area contributed by atoms with Crippen molar-refractivity contribution in [3.63, 3.8) is 0 Å². The zero-order valence-electron chi connectivity index (χ0n) is 50.2. The zero-order valence-corrected chi connectivity index (χ0v) is 51.1. The molecule has 0 aromatic carbocycles. The second-order valence-corrected chi connectivity index (χ2v) is 23.6. The van der Waals surface area contributed by atoms with Gasteiger partial charge in [0.05, 0.1) is 33.8 Å². The van der Waals surface area contributed by atoms with Crippen LogP contribution in [0, 0.1) is 0 Å². The molecular formula is C66H120N2O7P+. The van der Waals surface area contributed by atoms with Crippen LogP contribution in [0.2, 0.25) is 0 Å². The van der Waals surface area contributed by atoms with E-state index in [0.29, 0.717) is 17.4 Å². The highest BCUT2D eigenvalue weighted by Gasteiger charge is 2.30. The molecule has 9 nitrogen and oxygen atoms in total. The van der Waals surface area contributed by atoms with Crippen molar-refractivity contribution in [1.29, 1.82) is 0 Å². The molecule has 0 spiro atoms. The molecule has 0 bridgehead atoms. The Morgan fingerprint density at radius 1 is 0.474 bits per heavy atom. The number of quaternary nitrogens is 1. The van der Waals surface area contributed by atoms with Crippen LogP contribution in [-0.4, -0.2) is 74.3 Å². The Morgan fingerprint density at radius 2 is 0.842 bits per heavy atom. The number of unbranched alkanes of at least 4 members (excludes halogenated alkanes) is 28. The minimum atomic E-state index is -4.45. The number of esters is 1. The largest absolute Gasteiger partial charge is 0.472 e. The lowest BCUT2D eigenvalue weighted by Gasteiger charge is -2.27. The van der Waals surface area contributed by atoms with Gasteiger partial charge in [-0.15, -0.1) is 0 Å². The third-order valence-electron chi connectivity index (χ3n) is 13.6. The normalized spacial score (nSPS) is 14.2. The SMILES string of the molecule is CC/C=C\C/C=C\C/C=C\C/C=C\C/C=C\CCCCCCCCCCCC(=O)OC(/C=C\CCCCCCCCCCCC)C(COP(=O)(O)OCC[N+](C)(C)C)NC(=O)CCCCC/C=C\CCCCCCCC. The molecule has 0 saturated heterocycles. The van der Waals surface area contributed by atoms with Crippen molar-refractivity contribution >= 4 is 19.7 Å². The summed E-state index contributed by atoms with van der Waals surface area (Å²) in [5.41, 5.74) is 0. The molecular weight excluding hydrogens is 964 g/mol. The number of ether oxygens (including phenoxy) is 1. The lowest BCUT2D eigenvalue weighted by atomic mass is 10.0.